The van der Waals surface area contributed by atoms with Crippen molar-refractivity contribution in [3.8, 4) is 0 Å². The molecule has 0 heterocycles. The lowest BCUT2D eigenvalue weighted by atomic mass is 10.0. The predicted molar refractivity (Wildman–Crippen MR) is 96.6 cm³/mol. The molecule has 114 valence electrons. The van der Waals surface area contributed by atoms with E-state index in [1.54, 1.807) is 6.34 Å². The first-order valence-electron chi connectivity index (χ1n) is 7.63. The van der Waals surface area contributed by atoms with Crippen LogP contribution in [0.2, 0.25) is 0 Å². The van der Waals surface area contributed by atoms with Gasteiger partial charge in [-0.25, -0.2) is 4.99 Å². The Kier molecular flexibility index (Phi) is 5.54. The molecule has 1 atom stereocenters. The molecule has 1 aliphatic carbocycles. The van der Waals surface area contributed by atoms with Crippen LogP contribution in [0.25, 0.3) is 5.57 Å². The van der Waals surface area contributed by atoms with Gasteiger partial charge in [0.15, 0.2) is 0 Å². The Labute approximate surface area is 133 Å². The first kappa shape index (κ1) is 16.0. The molecule has 2 heteroatoms. The van der Waals surface area contributed by atoms with Crippen molar-refractivity contribution in [1.82, 2.24) is 5.32 Å². The molecule has 0 amide bonds. The van der Waals surface area contributed by atoms with E-state index in [1.807, 2.05) is 6.20 Å². The summed E-state index contributed by atoms with van der Waals surface area (Å²) in [6.45, 7) is 10.2. The molecule has 1 aromatic rings. The van der Waals surface area contributed by atoms with Crippen LogP contribution in [-0.2, 0) is 6.42 Å². The van der Waals surface area contributed by atoms with E-state index in [0.29, 0.717) is 5.92 Å². The van der Waals surface area contributed by atoms with E-state index in [-0.39, 0.29) is 0 Å². The van der Waals surface area contributed by atoms with Crippen molar-refractivity contribution in [3.63, 3.8) is 0 Å². The van der Waals surface area contributed by atoms with E-state index in [4.69, 9.17) is 0 Å². The van der Waals surface area contributed by atoms with Crippen molar-refractivity contribution in [2.75, 3.05) is 0 Å². The summed E-state index contributed by atoms with van der Waals surface area (Å²) in [7, 11) is 0. The summed E-state index contributed by atoms with van der Waals surface area (Å²) in [4.78, 5) is 4.32. The normalized spacial score (nSPS) is 17.9. The number of hydrogen-bond acceptors (Lipinski definition) is 1. The van der Waals surface area contributed by atoms with E-state index in [2.05, 4.69) is 80.2 Å². The largest absolute Gasteiger partial charge is 0.347 e. The van der Waals surface area contributed by atoms with Gasteiger partial charge in [-0.2, -0.15) is 0 Å². The third-order valence-electron chi connectivity index (χ3n) is 3.51. The minimum absolute atomic E-state index is 0.505. The average Bonchev–Trinajstić information content (AvgIpc) is 2.89. The zero-order chi connectivity index (χ0) is 15.9. The van der Waals surface area contributed by atoms with Gasteiger partial charge < -0.3 is 5.32 Å². The highest BCUT2D eigenvalue weighted by Crippen LogP contribution is 2.16. The van der Waals surface area contributed by atoms with Gasteiger partial charge >= 0.3 is 0 Å². The van der Waals surface area contributed by atoms with E-state index in [9.17, 15) is 0 Å². The number of benzene rings is 1. The molecule has 1 aromatic carbocycles. The second-order valence-electron chi connectivity index (χ2n) is 5.91. The summed E-state index contributed by atoms with van der Waals surface area (Å²) in [6.07, 6.45) is 10.9. The summed E-state index contributed by atoms with van der Waals surface area (Å²) >= 11 is 0. The van der Waals surface area contributed by atoms with Gasteiger partial charge in [0.25, 0.3) is 0 Å². The second kappa shape index (κ2) is 7.60. The van der Waals surface area contributed by atoms with Crippen LogP contribution < -0.4 is 5.32 Å². The van der Waals surface area contributed by atoms with Gasteiger partial charge in [0, 0.05) is 11.9 Å². The lowest BCUT2D eigenvalue weighted by molar-refractivity contribution is 0.950. The van der Waals surface area contributed by atoms with E-state index in [1.165, 1.54) is 16.7 Å². The van der Waals surface area contributed by atoms with E-state index < -0.39 is 0 Å². The number of aliphatic imine (C=N–C) groups is 1. The Bertz CT molecular complexity index is 643. The number of allylic oxidation sites excluding steroid dienone is 5. The fraction of sp³-hybridized carbons (Fsp3) is 0.250. The maximum Gasteiger partial charge on any atom is 0.0923 e. The quantitative estimate of drug-likeness (QED) is 0.451. The first-order valence-corrected chi connectivity index (χ1v) is 7.63. The third-order valence-corrected chi connectivity index (χ3v) is 3.51. The van der Waals surface area contributed by atoms with Crippen LogP contribution in [0.3, 0.4) is 0 Å². The molecule has 0 saturated carbocycles. The van der Waals surface area contributed by atoms with Gasteiger partial charge in [0.2, 0.25) is 0 Å². The first-order chi connectivity index (χ1) is 10.5. The van der Waals surface area contributed by atoms with Crippen molar-refractivity contribution in [2.45, 2.75) is 27.2 Å². The van der Waals surface area contributed by atoms with Crippen molar-refractivity contribution < 1.29 is 0 Å². The molecule has 0 aliphatic heterocycles. The number of rotatable bonds is 6. The molecule has 1 unspecified atom stereocenters. The van der Waals surface area contributed by atoms with Crippen LogP contribution in [0.1, 0.15) is 31.9 Å². The maximum atomic E-state index is 4.32. The maximum absolute atomic E-state index is 4.32. The molecule has 2 nitrogen and oxygen atoms in total. The Morgan fingerprint density at radius 2 is 2.00 bits per heavy atom. The molecule has 0 spiro atoms. The molecular weight excluding hydrogens is 268 g/mol. The molecule has 1 aliphatic rings. The highest BCUT2D eigenvalue weighted by Gasteiger charge is 2.01. The van der Waals surface area contributed by atoms with Crippen molar-refractivity contribution in [2.24, 2.45) is 10.9 Å². The summed E-state index contributed by atoms with van der Waals surface area (Å²) in [5.74, 6) is 0.505. The Balaban J connectivity index is 1.92. The summed E-state index contributed by atoms with van der Waals surface area (Å²) in [5.41, 5.74) is 5.91. The molecule has 1 N–H and O–H groups in total. The number of nitrogens with one attached hydrogen (secondary N) is 1. The highest BCUT2D eigenvalue weighted by molar-refractivity contribution is 5.67. The number of hydrogen-bond donors (Lipinski definition) is 1. The average molecular weight is 292 g/mol. The lowest BCUT2D eigenvalue weighted by Gasteiger charge is -2.04. The van der Waals surface area contributed by atoms with Gasteiger partial charge in [0.05, 0.1) is 6.34 Å². The fourth-order valence-corrected chi connectivity index (χ4v) is 2.32. The van der Waals surface area contributed by atoms with Gasteiger partial charge in [-0.15, -0.1) is 0 Å². The Hall–Kier alpha value is -2.35. The lowest BCUT2D eigenvalue weighted by Crippen LogP contribution is -2.07. The van der Waals surface area contributed by atoms with Crippen molar-refractivity contribution in [1.29, 1.82) is 0 Å². The van der Waals surface area contributed by atoms with Crippen molar-refractivity contribution in [3.05, 3.63) is 77.7 Å². The standard InChI is InChI=1S/C20H24N2/c1-15(2)11-18-6-8-19(9-7-18)17(4)13-21-14-22-20-10-5-16(3)12-20/h5-10,12-14,16H,1,11H2,2-4H3,(H,21,22)/b17-13+. The van der Waals surface area contributed by atoms with Crippen LogP contribution in [0.4, 0.5) is 0 Å². The summed E-state index contributed by atoms with van der Waals surface area (Å²) < 4.78 is 0. The fourth-order valence-electron chi connectivity index (χ4n) is 2.32. The SMILES string of the molecule is C=C(C)Cc1ccc(/C(C)=C/N=C/NC2=CC(C)C=C2)cc1. The van der Waals surface area contributed by atoms with Gasteiger partial charge in [-0.1, -0.05) is 55.5 Å². The Morgan fingerprint density at radius 3 is 2.59 bits per heavy atom. The van der Waals surface area contributed by atoms with Crippen LogP contribution in [0.5, 0.6) is 0 Å². The molecule has 0 radical (unpaired) electrons. The van der Waals surface area contributed by atoms with Crippen molar-refractivity contribution >= 4 is 11.9 Å². The summed E-state index contributed by atoms with van der Waals surface area (Å²) in [6, 6.07) is 8.58. The molecule has 2 rings (SSSR count). The zero-order valence-electron chi connectivity index (χ0n) is 13.6. The van der Waals surface area contributed by atoms with Gasteiger partial charge in [-0.3, -0.25) is 0 Å². The molecular formula is C20H24N2. The minimum atomic E-state index is 0.505. The monoisotopic (exact) mass is 292 g/mol. The van der Waals surface area contributed by atoms with Gasteiger partial charge in [-0.05, 0) is 49.0 Å². The zero-order valence-corrected chi connectivity index (χ0v) is 13.6. The second-order valence-corrected chi connectivity index (χ2v) is 5.91. The molecule has 0 bridgehead atoms. The topological polar surface area (TPSA) is 24.4 Å². The third kappa shape index (κ3) is 4.88. The Morgan fingerprint density at radius 1 is 1.27 bits per heavy atom. The summed E-state index contributed by atoms with van der Waals surface area (Å²) in [5, 5.41) is 3.18. The molecule has 0 aromatic heterocycles. The molecule has 0 fully saturated rings. The van der Waals surface area contributed by atoms with Crippen LogP contribution in [0.15, 0.2) is 71.5 Å². The molecule has 0 saturated heterocycles. The van der Waals surface area contributed by atoms with Crippen LogP contribution in [-0.4, -0.2) is 6.34 Å². The van der Waals surface area contributed by atoms with Crippen LogP contribution in [0, 0.1) is 5.92 Å². The van der Waals surface area contributed by atoms with E-state index in [0.717, 1.165) is 17.7 Å². The minimum Gasteiger partial charge on any atom is -0.347 e. The predicted octanol–water partition coefficient (Wildman–Crippen LogP) is 4.87. The highest BCUT2D eigenvalue weighted by atomic mass is 14.9. The van der Waals surface area contributed by atoms with Gasteiger partial charge in [0.1, 0.15) is 0 Å². The number of nitrogens with zero attached hydrogens (tertiary/aromatic N) is 1. The van der Waals surface area contributed by atoms with E-state index >= 15 is 0 Å². The van der Waals surface area contributed by atoms with Crippen LogP contribution >= 0.6 is 0 Å². The molecule has 22 heavy (non-hydrogen) atoms. The smallest absolute Gasteiger partial charge is 0.0923 e.